The van der Waals surface area contributed by atoms with Crippen molar-refractivity contribution in [3.8, 4) is 0 Å². The molecule has 3 heteroatoms. The molecule has 0 saturated heterocycles. The minimum atomic E-state index is 0.357. The summed E-state index contributed by atoms with van der Waals surface area (Å²) in [5, 5.41) is 4.48. The number of nitrogens with two attached hydrogens (primary N) is 1. The van der Waals surface area contributed by atoms with Crippen LogP contribution < -0.4 is 11.3 Å². The Bertz CT molecular complexity index is 348. The Morgan fingerprint density at radius 2 is 2.29 bits per heavy atom. The summed E-state index contributed by atoms with van der Waals surface area (Å²) < 4.78 is 0. The molecule has 0 radical (unpaired) electrons. The van der Waals surface area contributed by atoms with E-state index in [4.69, 9.17) is 5.84 Å². The average Bonchev–Trinajstić information content (AvgIpc) is 2.77. The zero-order chi connectivity index (χ0) is 12.3. The van der Waals surface area contributed by atoms with Gasteiger partial charge in [0.1, 0.15) is 0 Å². The quantitative estimate of drug-likeness (QED) is 0.632. The monoisotopic (exact) mass is 252 g/mol. The van der Waals surface area contributed by atoms with Gasteiger partial charge in [0.2, 0.25) is 0 Å². The summed E-state index contributed by atoms with van der Waals surface area (Å²) >= 11 is 1.78. The van der Waals surface area contributed by atoms with Crippen molar-refractivity contribution in [1.29, 1.82) is 0 Å². The van der Waals surface area contributed by atoms with E-state index < -0.39 is 0 Å². The number of hydrazine groups is 1. The Kier molecular flexibility index (Phi) is 4.60. The average molecular weight is 252 g/mol. The highest BCUT2D eigenvalue weighted by atomic mass is 32.1. The predicted molar refractivity (Wildman–Crippen MR) is 74.9 cm³/mol. The van der Waals surface area contributed by atoms with E-state index in [0.717, 1.165) is 5.92 Å². The largest absolute Gasteiger partial charge is 0.271 e. The standard InChI is InChI=1S/C14H24N2S/c1-3-11-5-4-6-12(7-11)14(16-15)13-9-17-8-10(13)2/h8-9,11-12,14,16H,3-7,15H2,1-2H3. The van der Waals surface area contributed by atoms with Crippen molar-refractivity contribution < 1.29 is 0 Å². The van der Waals surface area contributed by atoms with E-state index in [1.54, 1.807) is 11.3 Å². The van der Waals surface area contributed by atoms with Crippen molar-refractivity contribution in [3.63, 3.8) is 0 Å². The van der Waals surface area contributed by atoms with Crippen LogP contribution in [-0.2, 0) is 0 Å². The van der Waals surface area contributed by atoms with E-state index in [1.165, 1.54) is 43.2 Å². The third-order valence-electron chi connectivity index (χ3n) is 4.28. The van der Waals surface area contributed by atoms with Gasteiger partial charge in [0, 0.05) is 6.04 Å². The normalized spacial score (nSPS) is 27.0. The van der Waals surface area contributed by atoms with Crippen LogP contribution in [0, 0.1) is 18.8 Å². The maximum Gasteiger partial charge on any atom is 0.0499 e. The van der Waals surface area contributed by atoms with E-state index >= 15 is 0 Å². The lowest BCUT2D eigenvalue weighted by molar-refractivity contribution is 0.210. The summed E-state index contributed by atoms with van der Waals surface area (Å²) in [4.78, 5) is 0. The molecule has 0 aromatic carbocycles. The fraction of sp³-hybridized carbons (Fsp3) is 0.714. The fourth-order valence-corrected chi connectivity index (χ4v) is 4.06. The highest BCUT2D eigenvalue weighted by molar-refractivity contribution is 7.08. The third kappa shape index (κ3) is 2.90. The molecule has 96 valence electrons. The SMILES string of the molecule is CCC1CCCC(C(NN)c2cscc2C)C1. The maximum absolute atomic E-state index is 5.81. The second kappa shape index (κ2) is 5.98. The van der Waals surface area contributed by atoms with Crippen LogP contribution in [0.25, 0.3) is 0 Å². The first-order valence-corrected chi connectivity index (χ1v) is 7.69. The highest BCUT2D eigenvalue weighted by Crippen LogP contribution is 2.39. The number of nitrogens with one attached hydrogen (secondary N) is 1. The molecule has 1 aliphatic rings. The van der Waals surface area contributed by atoms with Crippen molar-refractivity contribution in [2.24, 2.45) is 17.7 Å². The molecular formula is C14H24N2S. The van der Waals surface area contributed by atoms with E-state index in [0.29, 0.717) is 12.0 Å². The van der Waals surface area contributed by atoms with Gasteiger partial charge in [-0.15, -0.1) is 0 Å². The van der Waals surface area contributed by atoms with Gasteiger partial charge in [0.15, 0.2) is 0 Å². The molecule has 1 aromatic rings. The Balaban J connectivity index is 2.10. The maximum atomic E-state index is 5.81. The van der Waals surface area contributed by atoms with Crippen molar-refractivity contribution >= 4 is 11.3 Å². The van der Waals surface area contributed by atoms with Gasteiger partial charge in [-0.2, -0.15) is 11.3 Å². The van der Waals surface area contributed by atoms with Crippen LogP contribution in [0.3, 0.4) is 0 Å². The van der Waals surface area contributed by atoms with E-state index in [2.05, 4.69) is 30.0 Å². The summed E-state index contributed by atoms with van der Waals surface area (Å²) in [5.41, 5.74) is 5.87. The van der Waals surface area contributed by atoms with Gasteiger partial charge in [0.05, 0.1) is 0 Å². The molecule has 0 spiro atoms. The molecule has 0 bridgehead atoms. The number of aryl methyl sites for hydroxylation is 1. The summed E-state index contributed by atoms with van der Waals surface area (Å²) in [6.07, 6.45) is 6.75. The van der Waals surface area contributed by atoms with Gasteiger partial charge in [-0.3, -0.25) is 11.3 Å². The predicted octanol–water partition coefficient (Wildman–Crippen LogP) is 3.78. The topological polar surface area (TPSA) is 38.0 Å². The second-order valence-electron chi connectivity index (χ2n) is 5.36. The van der Waals surface area contributed by atoms with Crippen LogP contribution in [0.2, 0.25) is 0 Å². The number of thiophene rings is 1. The molecule has 1 heterocycles. The van der Waals surface area contributed by atoms with Crippen LogP contribution >= 0.6 is 11.3 Å². The summed E-state index contributed by atoms with van der Waals surface area (Å²) in [6, 6.07) is 0.357. The lowest BCUT2D eigenvalue weighted by Crippen LogP contribution is -2.36. The van der Waals surface area contributed by atoms with Crippen molar-refractivity contribution in [2.75, 3.05) is 0 Å². The van der Waals surface area contributed by atoms with E-state index in [-0.39, 0.29) is 0 Å². The van der Waals surface area contributed by atoms with Gasteiger partial charge in [-0.25, -0.2) is 0 Å². The molecule has 3 unspecified atom stereocenters. The number of hydrogen-bond acceptors (Lipinski definition) is 3. The van der Waals surface area contributed by atoms with Crippen LogP contribution in [0.1, 0.15) is 56.2 Å². The van der Waals surface area contributed by atoms with Crippen molar-refractivity contribution in [2.45, 2.75) is 52.0 Å². The van der Waals surface area contributed by atoms with Crippen LogP contribution in [0.15, 0.2) is 10.8 Å². The minimum absolute atomic E-state index is 0.357. The second-order valence-corrected chi connectivity index (χ2v) is 6.10. The Morgan fingerprint density at radius 3 is 2.88 bits per heavy atom. The smallest absolute Gasteiger partial charge is 0.0499 e. The Morgan fingerprint density at radius 1 is 1.47 bits per heavy atom. The molecule has 1 aliphatic carbocycles. The first kappa shape index (κ1) is 13.1. The molecule has 0 aliphatic heterocycles. The van der Waals surface area contributed by atoms with Crippen LogP contribution in [0.4, 0.5) is 0 Å². The molecule has 0 amide bonds. The van der Waals surface area contributed by atoms with Gasteiger partial charge < -0.3 is 0 Å². The lowest BCUT2D eigenvalue weighted by atomic mass is 9.75. The van der Waals surface area contributed by atoms with Gasteiger partial charge in [0.25, 0.3) is 0 Å². The summed E-state index contributed by atoms with van der Waals surface area (Å²) in [6.45, 7) is 4.50. The van der Waals surface area contributed by atoms with Crippen LogP contribution in [0.5, 0.6) is 0 Å². The molecule has 1 fully saturated rings. The molecular weight excluding hydrogens is 228 g/mol. The molecule has 17 heavy (non-hydrogen) atoms. The molecule has 2 rings (SSSR count). The molecule has 3 atom stereocenters. The molecule has 1 aromatic heterocycles. The van der Waals surface area contributed by atoms with E-state index in [9.17, 15) is 0 Å². The highest BCUT2D eigenvalue weighted by Gasteiger charge is 2.29. The van der Waals surface area contributed by atoms with Crippen LogP contribution in [-0.4, -0.2) is 0 Å². The number of rotatable bonds is 4. The first-order chi connectivity index (χ1) is 8.26. The molecule has 3 N–H and O–H groups in total. The summed E-state index contributed by atoms with van der Waals surface area (Å²) in [7, 11) is 0. The van der Waals surface area contributed by atoms with E-state index in [1.807, 2.05) is 0 Å². The van der Waals surface area contributed by atoms with Gasteiger partial charge in [-0.05, 0) is 53.5 Å². The Hall–Kier alpha value is -0.380. The first-order valence-electron chi connectivity index (χ1n) is 6.75. The summed E-state index contributed by atoms with van der Waals surface area (Å²) in [5.74, 6) is 7.43. The van der Waals surface area contributed by atoms with Gasteiger partial charge >= 0.3 is 0 Å². The van der Waals surface area contributed by atoms with Crippen molar-refractivity contribution in [3.05, 3.63) is 21.9 Å². The Labute approximate surface area is 109 Å². The zero-order valence-corrected chi connectivity index (χ0v) is 11.7. The number of hydrogen-bond donors (Lipinski definition) is 2. The molecule has 2 nitrogen and oxygen atoms in total. The van der Waals surface area contributed by atoms with Gasteiger partial charge in [-0.1, -0.05) is 26.2 Å². The molecule has 1 saturated carbocycles. The van der Waals surface area contributed by atoms with Crippen molar-refractivity contribution in [1.82, 2.24) is 5.43 Å². The fourth-order valence-electron chi connectivity index (χ4n) is 3.17. The minimum Gasteiger partial charge on any atom is -0.271 e. The third-order valence-corrected chi connectivity index (χ3v) is 5.16. The lowest BCUT2D eigenvalue weighted by Gasteiger charge is -2.34. The zero-order valence-electron chi connectivity index (χ0n) is 10.9.